The number of carbonyl (C=O) groups is 1. The molecular formula is C15H17N3OS. The van der Waals surface area contributed by atoms with Crippen LogP contribution in [0.25, 0.3) is 11.4 Å². The Bertz CT molecular complexity index is 588. The highest BCUT2D eigenvalue weighted by molar-refractivity contribution is 7.10. The standard InChI is InChI=1S/C15H17N3OS/c1-11(19)18-8-5-12(6-9-18)15-17-14(10-20-15)13-4-2-3-7-16-13/h2-4,7,10,12H,5-6,8-9H2,1H3. The van der Waals surface area contributed by atoms with Gasteiger partial charge in [0.2, 0.25) is 5.91 Å². The molecule has 20 heavy (non-hydrogen) atoms. The van der Waals surface area contributed by atoms with Gasteiger partial charge < -0.3 is 4.90 Å². The molecule has 0 bridgehead atoms. The SMILES string of the molecule is CC(=O)N1CCC(c2nc(-c3ccccn3)cs2)CC1. The molecule has 1 aliphatic heterocycles. The molecule has 1 saturated heterocycles. The molecule has 2 aromatic heterocycles. The normalized spacial score (nSPS) is 16.4. The summed E-state index contributed by atoms with van der Waals surface area (Å²) in [5.74, 6) is 0.657. The van der Waals surface area contributed by atoms with Crippen molar-refractivity contribution in [1.29, 1.82) is 0 Å². The summed E-state index contributed by atoms with van der Waals surface area (Å²) in [5, 5.41) is 3.25. The van der Waals surface area contributed by atoms with E-state index in [0.29, 0.717) is 5.92 Å². The summed E-state index contributed by atoms with van der Waals surface area (Å²) in [4.78, 5) is 22.3. The van der Waals surface area contributed by atoms with E-state index in [4.69, 9.17) is 4.98 Å². The Morgan fingerprint density at radius 1 is 1.30 bits per heavy atom. The van der Waals surface area contributed by atoms with Crippen LogP contribution in [0.15, 0.2) is 29.8 Å². The Morgan fingerprint density at radius 3 is 2.75 bits per heavy atom. The minimum Gasteiger partial charge on any atom is -0.343 e. The van der Waals surface area contributed by atoms with Crippen molar-refractivity contribution in [1.82, 2.24) is 14.9 Å². The predicted octanol–water partition coefficient (Wildman–Crippen LogP) is 2.93. The van der Waals surface area contributed by atoms with Crippen molar-refractivity contribution in [2.24, 2.45) is 0 Å². The molecule has 2 aromatic rings. The zero-order valence-corrected chi connectivity index (χ0v) is 12.3. The van der Waals surface area contributed by atoms with Gasteiger partial charge in [0.05, 0.1) is 16.4 Å². The maximum absolute atomic E-state index is 11.3. The molecule has 3 rings (SSSR count). The van der Waals surface area contributed by atoms with E-state index in [1.54, 1.807) is 24.5 Å². The van der Waals surface area contributed by atoms with Crippen molar-refractivity contribution in [3.8, 4) is 11.4 Å². The van der Waals surface area contributed by atoms with Crippen molar-refractivity contribution < 1.29 is 4.79 Å². The first-order valence-electron chi connectivity index (χ1n) is 6.86. The fraction of sp³-hybridized carbons (Fsp3) is 0.400. The van der Waals surface area contributed by atoms with E-state index in [-0.39, 0.29) is 5.91 Å². The smallest absolute Gasteiger partial charge is 0.219 e. The number of carbonyl (C=O) groups excluding carboxylic acids is 1. The van der Waals surface area contributed by atoms with Crippen molar-refractivity contribution in [2.45, 2.75) is 25.7 Å². The van der Waals surface area contributed by atoms with Gasteiger partial charge in [-0.2, -0.15) is 0 Å². The first-order valence-corrected chi connectivity index (χ1v) is 7.74. The molecule has 0 atom stereocenters. The van der Waals surface area contributed by atoms with Crippen molar-refractivity contribution in [3.63, 3.8) is 0 Å². The van der Waals surface area contributed by atoms with Gasteiger partial charge in [-0.25, -0.2) is 4.98 Å². The Balaban J connectivity index is 1.71. The van der Waals surface area contributed by atoms with Gasteiger partial charge in [-0.1, -0.05) is 6.07 Å². The molecule has 5 heteroatoms. The van der Waals surface area contributed by atoms with Crippen LogP contribution in [-0.4, -0.2) is 33.9 Å². The fourth-order valence-electron chi connectivity index (χ4n) is 2.55. The number of amides is 1. The Kier molecular flexibility index (Phi) is 3.78. The molecule has 3 heterocycles. The van der Waals surface area contributed by atoms with Crippen molar-refractivity contribution in [2.75, 3.05) is 13.1 Å². The largest absolute Gasteiger partial charge is 0.343 e. The van der Waals surface area contributed by atoms with E-state index in [1.165, 1.54) is 5.01 Å². The average molecular weight is 287 g/mol. The lowest BCUT2D eigenvalue weighted by atomic mass is 9.97. The number of nitrogens with zero attached hydrogens (tertiary/aromatic N) is 3. The average Bonchev–Trinajstić information content (AvgIpc) is 2.98. The molecule has 1 amide bonds. The van der Waals surface area contributed by atoms with Gasteiger partial charge in [0.1, 0.15) is 0 Å². The molecule has 4 nitrogen and oxygen atoms in total. The van der Waals surface area contributed by atoms with Gasteiger partial charge in [-0.05, 0) is 25.0 Å². The zero-order valence-electron chi connectivity index (χ0n) is 11.5. The number of aromatic nitrogens is 2. The summed E-state index contributed by atoms with van der Waals surface area (Å²) >= 11 is 1.71. The second kappa shape index (κ2) is 5.71. The third-order valence-corrected chi connectivity index (χ3v) is 4.75. The summed E-state index contributed by atoms with van der Waals surface area (Å²) < 4.78 is 0. The molecule has 0 spiro atoms. The molecule has 1 aliphatic rings. The lowest BCUT2D eigenvalue weighted by molar-refractivity contribution is -0.129. The first-order chi connectivity index (χ1) is 9.74. The molecule has 0 aliphatic carbocycles. The Labute approximate surface area is 122 Å². The highest BCUT2D eigenvalue weighted by Gasteiger charge is 2.24. The highest BCUT2D eigenvalue weighted by atomic mass is 32.1. The van der Waals surface area contributed by atoms with Crippen LogP contribution in [0.4, 0.5) is 0 Å². The van der Waals surface area contributed by atoms with E-state index in [2.05, 4.69) is 10.4 Å². The van der Waals surface area contributed by atoms with E-state index in [0.717, 1.165) is 37.3 Å². The molecule has 0 N–H and O–H groups in total. The Hall–Kier alpha value is -1.75. The molecule has 1 fully saturated rings. The van der Waals surface area contributed by atoms with Gasteiger partial charge in [0, 0.05) is 37.5 Å². The minimum absolute atomic E-state index is 0.178. The first kappa shape index (κ1) is 13.2. The van der Waals surface area contributed by atoms with E-state index in [1.807, 2.05) is 23.1 Å². The summed E-state index contributed by atoms with van der Waals surface area (Å²) in [6, 6.07) is 5.87. The quantitative estimate of drug-likeness (QED) is 0.853. The summed E-state index contributed by atoms with van der Waals surface area (Å²) in [6.45, 7) is 3.33. The van der Waals surface area contributed by atoms with E-state index < -0.39 is 0 Å². The number of thiazole rings is 1. The molecule has 104 valence electrons. The van der Waals surface area contributed by atoms with Crippen LogP contribution >= 0.6 is 11.3 Å². The molecular weight excluding hydrogens is 270 g/mol. The third-order valence-electron chi connectivity index (χ3n) is 3.74. The van der Waals surface area contributed by atoms with Crippen LogP contribution in [0.1, 0.15) is 30.7 Å². The maximum Gasteiger partial charge on any atom is 0.219 e. The van der Waals surface area contributed by atoms with Crippen LogP contribution in [-0.2, 0) is 4.79 Å². The lowest BCUT2D eigenvalue weighted by Crippen LogP contribution is -2.36. The summed E-state index contributed by atoms with van der Waals surface area (Å²) in [6.07, 6.45) is 3.81. The minimum atomic E-state index is 0.178. The molecule has 0 radical (unpaired) electrons. The van der Waals surface area contributed by atoms with Gasteiger partial charge in [-0.3, -0.25) is 9.78 Å². The molecule has 0 aromatic carbocycles. The van der Waals surface area contributed by atoms with Crippen LogP contribution in [0.5, 0.6) is 0 Å². The van der Waals surface area contributed by atoms with Crippen LogP contribution < -0.4 is 0 Å². The second-order valence-electron chi connectivity index (χ2n) is 5.07. The molecule has 0 unspecified atom stereocenters. The van der Waals surface area contributed by atoms with Gasteiger partial charge >= 0.3 is 0 Å². The zero-order chi connectivity index (χ0) is 13.9. The summed E-state index contributed by atoms with van der Waals surface area (Å²) in [5.41, 5.74) is 1.88. The predicted molar refractivity (Wildman–Crippen MR) is 79.6 cm³/mol. The second-order valence-corrected chi connectivity index (χ2v) is 5.96. The van der Waals surface area contributed by atoms with E-state index in [9.17, 15) is 4.79 Å². The van der Waals surface area contributed by atoms with Crippen LogP contribution in [0.3, 0.4) is 0 Å². The summed E-state index contributed by atoms with van der Waals surface area (Å²) in [7, 11) is 0. The number of hydrogen-bond acceptors (Lipinski definition) is 4. The van der Waals surface area contributed by atoms with Gasteiger partial charge in [0.25, 0.3) is 0 Å². The number of piperidine rings is 1. The van der Waals surface area contributed by atoms with Crippen LogP contribution in [0.2, 0.25) is 0 Å². The van der Waals surface area contributed by atoms with Gasteiger partial charge in [-0.15, -0.1) is 11.3 Å². The number of rotatable bonds is 2. The highest BCUT2D eigenvalue weighted by Crippen LogP contribution is 2.32. The lowest BCUT2D eigenvalue weighted by Gasteiger charge is -2.30. The van der Waals surface area contributed by atoms with Crippen molar-refractivity contribution in [3.05, 3.63) is 34.8 Å². The Morgan fingerprint density at radius 2 is 2.10 bits per heavy atom. The number of pyridine rings is 1. The van der Waals surface area contributed by atoms with Crippen molar-refractivity contribution >= 4 is 17.2 Å². The maximum atomic E-state index is 11.3. The van der Waals surface area contributed by atoms with Gasteiger partial charge in [0.15, 0.2) is 0 Å². The third kappa shape index (κ3) is 2.72. The monoisotopic (exact) mass is 287 g/mol. The number of hydrogen-bond donors (Lipinski definition) is 0. The molecule has 0 saturated carbocycles. The van der Waals surface area contributed by atoms with E-state index >= 15 is 0 Å². The topological polar surface area (TPSA) is 46.1 Å². The van der Waals surface area contributed by atoms with Crippen LogP contribution in [0, 0.1) is 0 Å². The number of likely N-dealkylation sites (tertiary alicyclic amines) is 1. The fourth-order valence-corrected chi connectivity index (χ4v) is 3.53.